The van der Waals surface area contributed by atoms with E-state index in [-0.39, 0.29) is 12.0 Å². The number of nitrogens with zero attached hydrogens (tertiary/aromatic N) is 4. The lowest BCUT2D eigenvalue weighted by molar-refractivity contribution is 0.592. The minimum absolute atomic E-state index is 0.0369. The second-order valence-electron chi connectivity index (χ2n) is 16.0. The van der Waals surface area contributed by atoms with Gasteiger partial charge in [-0.2, -0.15) is 0 Å². The fraction of sp³-hybridized carbons (Fsp3) is 0.0536. The van der Waals surface area contributed by atoms with E-state index in [9.17, 15) is 0 Å². The summed E-state index contributed by atoms with van der Waals surface area (Å²) < 4.78 is 4.86. The van der Waals surface area contributed by atoms with Crippen LogP contribution in [0.1, 0.15) is 29.7 Å². The SMILES string of the molecule is CC1C(c2cc(-c3nc4ccccc4c4c3sc3ccccc34)cc(-n3c4ccccc4c4ccccc43)c2)=NC(c2ccccc2)=NC1c1ccc(-c2ccccc2)cc1. The molecule has 0 saturated carbocycles. The zero-order chi connectivity index (χ0) is 40.4. The zero-order valence-electron chi connectivity index (χ0n) is 33.4. The molecule has 2 atom stereocenters. The van der Waals surface area contributed by atoms with Gasteiger partial charge in [-0.15, -0.1) is 11.3 Å². The lowest BCUT2D eigenvalue weighted by atomic mass is 9.85. The van der Waals surface area contributed by atoms with Crippen LogP contribution in [0.2, 0.25) is 0 Å². The van der Waals surface area contributed by atoms with Crippen molar-refractivity contribution in [1.82, 2.24) is 9.55 Å². The van der Waals surface area contributed by atoms with Gasteiger partial charge in [0.2, 0.25) is 0 Å². The molecule has 0 N–H and O–H groups in total. The number of benzene rings is 8. The summed E-state index contributed by atoms with van der Waals surface area (Å²) in [6.45, 7) is 2.28. The summed E-state index contributed by atoms with van der Waals surface area (Å²) in [5.41, 5.74) is 13.0. The molecule has 0 bridgehead atoms. The van der Waals surface area contributed by atoms with Crippen LogP contribution >= 0.6 is 11.3 Å². The number of aromatic nitrogens is 2. The first-order valence-electron chi connectivity index (χ1n) is 20.9. The highest BCUT2D eigenvalue weighted by atomic mass is 32.1. The third kappa shape index (κ3) is 5.92. The molecule has 4 nitrogen and oxygen atoms in total. The molecule has 4 heterocycles. The molecule has 288 valence electrons. The van der Waals surface area contributed by atoms with Crippen LogP contribution in [0.4, 0.5) is 0 Å². The van der Waals surface area contributed by atoms with E-state index in [0.29, 0.717) is 0 Å². The number of fused-ring (bicyclic) bond motifs is 8. The quantitative estimate of drug-likeness (QED) is 0.165. The summed E-state index contributed by atoms with van der Waals surface area (Å²) in [6.07, 6.45) is 0. The molecule has 12 rings (SSSR count). The molecule has 0 spiro atoms. The molecule has 5 heteroatoms. The van der Waals surface area contributed by atoms with Crippen LogP contribution in [0, 0.1) is 5.92 Å². The van der Waals surface area contributed by atoms with Crippen molar-refractivity contribution >= 4 is 75.8 Å². The average molecular weight is 799 g/mol. The van der Waals surface area contributed by atoms with E-state index in [1.165, 1.54) is 47.5 Å². The van der Waals surface area contributed by atoms with Crippen LogP contribution in [-0.2, 0) is 0 Å². The number of amidine groups is 1. The molecule has 1 aliphatic rings. The summed E-state index contributed by atoms with van der Waals surface area (Å²) in [6, 6.07) is 71.6. The van der Waals surface area contributed by atoms with E-state index in [4.69, 9.17) is 15.0 Å². The van der Waals surface area contributed by atoms with E-state index in [1.54, 1.807) is 0 Å². The summed E-state index contributed by atoms with van der Waals surface area (Å²) in [7, 11) is 0. The monoisotopic (exact) mass is 798 g/mol. The van der Waals surface area contributed by atoms with Gasteiger partial charge in [-0.1, -0.05) is 165 Å². The van der Waals surface area contributed by atoms with E-state index in [1.807, 2.05) is 17.4 Å². The summed E-state index contributed by atoms with van der Waals surface area (Å²) >= 11 is 1.82. The maximum Gasteiger partial charge on any atom is 0.155 e. The van der Waals surface area contributed by atoms with Crippen LogP contribution < -0.4 is 0 Å². The molecule has 0 fully saturated rings. The van der Waals surface area contributed by atoms with E-state index >= 15 is 0 Å². The van der Waals surface area contributed by atoms with Gasteiger partial charge in [0.05, 0.1) is 38.7 Å². The Morgan fingerprint density at radius 3 is 1.79 bits per heavy atom. The molecular formula is C56H38N4S. The molecule has 0 radical (unpaired) electrons. The Morgan fingerprint density at radius 1 is 0.492 bits per heavy atom. The van der Waals surface area contributed by atoms with E-state index in [2.05, 4.69) is 206 Å². The van der Waals surface area contributed by atoms with Crippen LogP contribution in [0.5, 0.6) is 0 Å². The molecule has 11 aromatic rings. The van der Waals surface area contributed by atoms with Crippen molar-refractivity contribution in [2.75, 3.05) is 0 Å². The van der Waals surface area contributed by atoms with Gasteiger partial charge in [-0.05, 0) is 64.7 Å². The second-order valence-corrected chi connectivity index (χ2v) is 17.0. The molecule has 0 amide bonds. The van der Waals surface area contributed by atoms with Crippen LogP contribution in [0.3, 0.4) is 0 Å². The summed E-state index contributed by atoms with van der Waals surface area (Å²) in [5, 5.41) is 6.14. The number of aliphatic imine (C=N–C) groups is 2. The number of thiophene rings is 1. The van der Waals surface area contributed by atoms with Gasteiger partial charge in [-0.3, -0.25) is 4.99 Å². The first-order chi connectivity index (χ1) is 30.2. The Labute approximate surface area is 357 Å². The standard InChI is InChI=1S/C56H38N4S/c1-35-52(38-30-28-37(29-31-38)36-16-4-2-5-17-36)58-56(39-18-6-3-7-19-39)59-53(35)40-32-41(34-42(33-40)60-48-25-13-9-20-43(48)44-21-10-14-26-49(44)60)54-55-51(45-22-8-12-24-47(45)57-54)46-23-11-15-27-50(46)61-55/h2-35,52H,1H3. The molecular weight excluding hydrogens is 761 g/mol. The first kappa shape index (κ1) is 35.5. The van der Waals surface area contributed by atoms with Crippen LogP contribution in [0.25, 0.3) is 81.0 Å². The lowest BCUT2D eigenvalue weighted by Crippen LogP contribution is -2.26. The molecule has 61 heavy (non-hydrogen) atoms. The summed E-state index contributed by atoms with van der Waals surface area (Å²) in [4.78, 5) is 16.5. The molecule has 1 aliphatic heterocycles. The average Bonchev–Trinajstić information content (AvgIpc) is 3.89. The highest BCUT2D eigenvalue weighted by Crippen LogP contribution is 2.44. The molecule has 3 aromatic heterocycles. The molecule has 8 aromatic carbocycles. The summed E-state index contributed by atoms with van der Waals surface area (Å²) in [5.74, 6) is 0.704. The van der Waals surface area contributed by atoms with Gasteiger partial charge in [0, 0.05) is 54.4 Å². The Kier molecular flexibility index (Phi) is 8.36. The predicted molar refractivity (Wildman–Crippen MR) is 258 cm³/mol. The van der Waals surface area contributed by atoms with Crippen LogP contribution in [0.15, 0.2) is 210 Å². The van der Waals surface area contributed by atoms with Gasteiger partial charge < -0.3 is 4.57 Å². The third-order valence-electron chi connectivity index (χ3n) is 12.3. The minimum atomic E-state index is -0.152. The van der Waals surface area contributed by atoms with Crippen molar-refractivity contribution in [2.24, 2.45) is 15.9 Å². The third-order valence-corrected chi connectivity index (χ3v) is 13.5. The largest absolute Gasteiger partial charge is 0.309 e. The zero-order valence-corrected chi connectivity index (χ0v) is 34.2. The van der Waals surface area contributed by atoms with Crippen molar-refractivity contribution in [1.29, 1.82) is 0 Å². The lowest BCUT2D eigenvalue weighted by Gasteiger charge is -2.28. The number of rotatable bonds is 6. The van der Waals surface area contributed by atoms with Gasteiger partial charge in [-0.25, -0.2) is 9.98 Å². The van der Waals surface area contributed by atoms with Gasteiger partial charge in [0.25, 0.3) is 0 Å². The fourth-order valence-electron chi connectivity index (χ4n) is 9.41. The number of pyridine rings is 1. The number of hydrogen-bond donors (Lipinski definition) is 0. The van der Waals surface area contributed by atoms with Crippen molar-refractivity contribution in [3.05, 3.63) is 217 Å². The minimum Gasteiger partial charge on any atom is -0.309 e. The maximum atomic E-state index is 5.52. The topological polar surface area (TPSA) is 42.5 Å². The fourth-order valence-corrected chi connectivity index (χ4v) is 10.6. The van der Waals surface area contributed by atoms with E-state index in [0.717, 1.165) is 61.7 Å². The molecule has 0 aliphatic carbocycles. The Hall–Kier alpha value is -7.47. The van der Waals surface area contributed by atoms with Gasteiger partial charge in [0.1, 0.15) is 0 Å². The maximum absolute atomic E-state index is 5.52. The van der Waals surface area contributed by atoms with Gasteiger partial charge >= 0.3 is 0 Å². The van der Waals surface area contributed by atoms with Crippen molar-refractivity contribution in [3.8, 4) is 28.1 Å². The van der Waals surface area contributed by atoms with Gasteiger partial charge in [0.15, 0.2) is 5.84 Å². The number of hydrogen-bond acceptors (Lipinski definition) is 4. The Morgan fingerprint density at radius 2 is 1.07 bits per heavy atom. The Balaban J connectivity index is 1.12. The van der Waals surface area contributed by atoms with Crippen molar-refractivity contribution in [2.45, 2.75) is 13.0 Å². The molecule has 2 unspecified atom stereocenters. The highest BCUT2D eigenvalue weighted by molar-refractivity contribution is 7.26. The Bertz CT molecular complexity index is 3490. The predicted octanol–water partition coefficient (Wildman–Crippen LogP) is 14.7. The van der Waals surface area contributed by atoms with Crippen molar-refractivity contribution < 1.29 is 0 Å². The first-order valence-corrected chi connectivity index (χ1v) is 21.7. The van der Waals surface area contributed by atoms with E-state index < -0.39 is 0 Å². The smallest absolute Gasteiger partial charge is 0.155 e. The van der Waals surface area contributed by atoms with Crippen LogP contribution in [-0.4, -0.2) is 21.1 Å². The van der Waals surface area contributed by atoms with Crippen molar-refractivity contribution in [3.63, 3.8) is 0 Å². The highest BCUT2D eigenvalue weighted by Gasteiger charge is 2.31. The normalized spacial score (nSPS) is 15.5. The number of para-hydroxylation sites is 3. The molecule has 0 saturated heterocycles. The second kappa shape index (κ2) is 14.4.